The van der Waals surface area contributed by atoms with Crippen molar-refractivity contribution in [2.24, 2.45) is 4.99 Å². The lowest BCUT2D eigenvalue weighted by Crippen LogP contribution is -2.53. The van der Waals surface area contributed by atoms with Crippen LogP contribution in [0.15, 0.2) is 29.3 Å². The summed E-state index contributed by atoms with van der Waals surface area (Å²) in [4.78, 5) is 11.7. The van der Waals surface area contributed by atoms with Crippen molar-refractivity contribution >= 4 is 47.2 Å². The molecule has 0 aliphatic carbocycles. The fraction of sp³-hybridized carbons (Fsp3) is 0.650. The number of halogens is 2. The van der Waals surface area contributed by atoms with Gasteiger partial charge in [-0.1, -0.05) is 17.7 Å². The van der Waals surface area contributed by atoms with E-state index in [2.05, 4.69) is 50.4 Å². The number of anilines is 1. The number of aliphatic imine (C=N–C) groups is 1. The zero-order chi connectivity index (χ0) is 19.2. The van der Waals surface area contributed by atoms with Crippen LogP contribution in [0.1, 0.15) is 13.3 Å². The predicted octanol–water partition coefficient (Wildman–Crippen LogP) is 2.34. The van der Waals surface area contributed by atoms with Crippen LogP contribution in [-0.2, 0) is 0 Å². The van der Waals surface area contributed by atoms with E-state index in [4.69, 9.17) is 11.6 Å². The average Bonchev–Trinajstić information content (AvgIpc) is 3.14. The van der Waals surface area contributed by atoms with Gasteiger partial charge in [0.15, 0.2) is 5.96 Å². The third-order valence-corrected chi connectivity index (χ3v) is 5.89. The normalized spacial score (nSPS) is 22.6. The fourth-order valence-electron chi connectivity index (χ4n) is 3.81. The van der Waals surface area contributed by atoms with Crippen LogP contribution in [0.5, 0.6) is 0 Å². The van der Waals surface area contributed by atoms with Crippen LogP contribution < -0.4 is 15.5 Å². The van der Waals surface area contributed by atoms with Crippen molar-refractivity contribution < 1.29 is 0 Å². The van der Waals surface area contributed by atoms with E-state index < -0.39 is 0 Å². The van der Waals surface area contributed by atoms with E-state index in [1.807, 2.05) is 25.2 Å². The Morgan fingerprint density at radius 2 is 2.00 bits per heavy atom. The first-order valence-corrected chi connectivity index (χ1v) is 10.3. The summed E-state index contributed by atoms with van der Waals surface area (Å²) in [7, 11) is 4.04. The van der Waals surface area contributed by atoms with Crippen molar-refractivity contribution in [2.75, 3.05) is 64.8 Å². The molecule has 0 amide bonds. The van der Waals surface area contributed by atoms with Crippen molar-refractivity contribution in [3.05, 3.63) is 29.3 Å². The largest absolute Gasteiger partial charge is 0.369 e. The van der Waals surface area contributed by atoms with Crippen molar-refractivity contribution in [3.8, 4) is 0 Å². The summed E-state index contributed by atoms with van der Waals surface area (Å²) in [6.45, 7) is 9.79. The average molecular weight is 521 g/mol. The molecule has 2 N–H and O–H groups in total. The lowest BCUT2D eigenvalue weighted by Gasteiger charge is -2.36. The minimum absolute atomic E-state index is 0. The van der Waals surface area contributed by atoms with E-state index >= 15 is 0 Å². The van der Waals surface area contributed by atoms with Gasteiger partial charge in [-0.15, -0.1) is 24.0 Å². The second-order valence-electron chi connectivity index (χ2n) is 7.70. The quantitative estimate of drug-likeness (QED) is 0.355. The van der Waals surface area contributed by atoms with Gasteiger partial charge < -0.3 is 20.4 Å². The number of hydrogen-bond acceptors (Lipinski definition) is 4. The molecule has 1 aromatic carbocycles. The van der Waals surface area contributed by atoms with E-state index in [9.17, 15) is 0 Å². The Balaban J connectivity index is 0.00000280. The molecular formula is C20H34ClIN6. The number of rotatable bonds is 5. The van der Waals surface area contributed by atoms with Gasteiger partial charge in [0, 0.05) is 75.7 Å². The maximum atomic E-state index is 6.13. The molecular weight excluding hydrogens is 487 g/mol. The molecule has 0 spiro atoms. The second-order valence-corrected chi connectivity index (χ2v) is 8.13. The summed E-state index contributed by atoms with van der Waals surface area (Å²) in [6, 6.07) is 8.99. The van der Waals surface area contributed by atoms with Crippen LogP contribution in [0.2, 0.25) is 5.02 Å². The van der Waals surface area contributed by atoms with Gasteiger partial charge in [-0.05, 0) is 38.6 Å². The maximum absolute atomic E-state index is 6.13. The molecule has 2 aliphatic heterocycles. The number of nitrogens with zero attached hydrogens (tertiary/aromatic N) is 4. The van der Waals surface area contributed by atoms with E-state index in [1.165, 1.54) is 5.69 Å². The summed E-state index contributed by atoms with van der Waals surface area (Å²) in [5.74, 6) is 0.897. The zero-order valence-electron chi connectivity index (χ0n) is 17.2. The van der Waals surface area contributed by atoms with Crippen LogP contribution in [0, 0.1) is 0 Å². The van der Waals surface area contributed by atoms with Gasteiger partial charge in [-0.25, -0.2) is 0 Å². The molecule has 28 heavy (non-hydrogen) atoms. The van der Waals surface area contributed by atoms with Crippen molar-refractivity contribution in [1.29, 1.82) is 0 Å². The van der Waals surface area contributed by atoms with Gasteiger partial charge in [-0.2, -0.15) is 0 Å². The van der Waals surface area contributed by atoms with Crippen molar-refractivity contribution in [3.63, 3.8) is 0 Å². The van der Waals surface area contributed by atoms with Gasteiger partial charge in [0.1, 0.15) is 0 Å². The highest BCUT2D eigenvalue weighted by molar-refractivity contribution is 14.0. The first-order chi connectivity index (χ1) is 13.0. The number of likely N-dealkylation sites (N-methyl/N-ethyl adjacent to an activating group) is 1. The number of hydrogen-bond donors (Lipinski definition) is 2. The minimum Gasteiger partial charge on any atom is -0.369 e. The van der Waals surface area contributed by atoms with E-state index in [1.54, 1.807) is 0 Å². The molecule has 0 aromatic heterocycles. The molecule has 2 unspecified atom stereocenters. The Labute approximate surface area is 191 Å². The number of nitrogens with one attached hydrogen (secondary N) is 2. The summed E-state index contributed by atoms with van der Waals surface area (Å²) >= 11 is 6.13. The molecule has 0 radical (unpaired) electrons. The van der Waals surface area contributed by atoms with Crippen LogP contribution in [0.3, 0.4) is 0 Å². The smallest absolute Gasteiger partial charge is 0.191 e. The molecule has 2 fully saturated rings. The standard InChI is InChI=1S/C20H33ClN6.HI/c1-16(26-11-9-25(3)10-12-26)14-23-20(22-2)24-18-7-8-27(15-18)19-6-4-5-17(21)13-19;/h4-6,13,16,18H,7-12,14-15H2,1-3H3,(H2,22,23,24);1H. The Kier molecular flexibility index (Phi) is 9.59. The molecule has 2 saturated heterocycles. The Morgan fingerprint density at radius 3 is 2.68 bits per heavy atom. The third-order valence-electron chi connectivity index (χ3n) is 5.65. The van der Waals surface area contributed by atoms with Crippen LogP contribution in [-0.4, -0.2) is 87.8 Å². The third kappa shape index (κ3) is 6.64. The topological polar surface area (TPSA) is 46.1 Å². The molecule has 2 atom stereocenters. The van der Waals surface area contributed by atoms with Gasteiger partial charge in [0.2, 0.25) is 0 Å². The van der Waals surface area contributed by atoms with Crippen LogP contribution >= 0.6 is 35.6 Å². The molecule has 1 aromatic rings. The highest BCUT2D eigenvalue weighted by Crippen LogP contribution is 2.23. The van der Waals surface area contributed by atoms with Gasteiger partial charge >= 0.3 is 0 Å². The summed E-state index contributed by atoms with van der Waals surface area (Å²) in [6.07, 6.45) is 1.10. The molecule has 158 valence electrons. The molecule has 2 aliphatic rings. The second kappa shape index (κ2) is 11.4. The van der Waals surface area contributed by atoms with Gasteiger partial charge in [0.05, 0.1) is 0 Å². The first kappa shape index (κ1) is 23.5. The SMILES string of the molecule is CN=C(NCC(C)N1CCN(C)CC1)NC1CCN(c2cccc(Cl)c2)C1.I. The minimum atomic E-state index is 0. The monoisotopic (exact) mass is 520 g/mol. The highest BCUT2D eigenvalue weighted by Gasteiger charge is 2.24. The molecule has 3 rings (SSSR count). The lowest BCUT2D eigenvalue weighted by molar-refractivity contribution is 0.120. The Bertz CT molecular complexity index is 635. The maximum Gasteiger partial charge on any atom is 0.191 e. The Hall–Kier alpha value is -0.770. The molecule has 0 saturated carbocycles. The van der Waals surface area contributed by atoms with E-state index in [0.29, 0.717) is 12.1 Å². The predicted molar refractivity (Wildman–Crippen MR) is 131 cm³/mol. The molecule has 6 nitrogen and oxygen atoms in total. The first-order valence-electron chi connectivity index (χ1n) is 9.95. The fourth-order valence-corrected chi connectivity index (χ4v) is 3.99. The summed E-state index contributed by atoms with van der Waals surface area (Å²) < 4.78 is 0. The highest BCUT2D eigenvalue weighted by atomic mass is 127. The van der Waals surface area contributed by atoms with Gasteiger partial charge in [0.25, 0.3) is 0 Å². The number of piperazine rings is 1. The van der Waals surface area contributed by atoms with E-state index in [-0.39, 0.29) is 24.0 Å². The van der Waals surface area contributed by atoms with E-state index in [0.717, 1.165) is 63.2 Å². The van der Waals surface area contributed by atoms with Gasteiger partial charge in [-0.3, -0.25) is 9.89 Å². The van der Waals surface area contributed by atoms with Crippen molar-refractivity contribution in [1.82, 2.24) is 20.4 Å². The van der Waals surface area contributed by atoms with Crippen LogP contribution in [0.4, 0.5) is 5.69 Å². The van der Waals surface area contributed by atoms with Crippen LogP contribution in [0.25, 0.3) is 0 Å². The Morgan fingerprint density at radius 1 is 1.25 bits per heavy atom. The summed E-state index contributed by atoms with van der Waals surface area (Å²) in [5.41, 5.74) is 1.19. The summed E-state index contributed by atoms with van der Waals surface area (Å²) in [5, 5.41) is 7.89. The molecule has 0 bridgehead atoms. The molecule has 8 heteroatoms. The zero-order valence-corrected chi connectivity index (χ0v) is 20.3. The number of guanidine groups is 1. The van der Waals surface area contributed by atoms with Crippen molar-refractivity contribution in [2.45, 2.75) is 25.4 Å². The molecule has 2 heterocycles. The number of benzene rings is 1. The lowest BCUT2D eigenvalue weighted by atomic mass is 10.2.